The number of aryl methyl sites for hydroxylation is 2. The van der Waals surface area contributed by atoms with E-state index in [2.05, 4.69) is 17.3 Å². The van der Waals surface area contributed by atoms with Crippen LogP contribution in [0.1, 0.15) is 49.7 Å². The van der Waals surface area contributed by atoms with Gasteiger partial charge in [0.2, 0.25) is 0 Å². The summed E-state index contributed by atoms with van der Waals surface area (Å²) in [4.78, 5) is 38.0. The predicted molar refractivity (Wildman–Crippen MR) is 120 cm³/mol. The summed E-state index contributed by atoms with van der Waals surface area (Å²) in [5, 5.41) is 7.80. The molecule has 0 bridgehead atoms. The molecule has 2 aromatic carbocycles. The van der Waals surface area contributed by atoms with E-state index < -0.39 is 18.0 Å². The van der Waals surface area contributed by atoms with Gasteiger partial charge in [0.15, 0.2) is 11.8 Å². The van der Waals surface area contributed by atoms with Gasteiger partial charge in [-0.15, -0.1) is 0 Å². The summed E-state index contributed by atoms with van der Waals surface area (Å²) in [5.74, 6) is -1.19. The van der Waals surface area contributed by atoms with Gasteiger partial charge in [0, 0.05) is 17.6 Å². The third-order valence-corrected chi connectivity index (χ3v) is 5.07. The van der Waals surface area contributed by atoms with Crippen molar-refractivity contribution in [1.82, 2.24) is 9.78 Å². The minimum Gasteiger partial charge on any atom is -0.448 e. The van der Waals surface area contributed by atoms with Crippen molar-refractivity contribution < 1.29 is 14.3 Å². The summed E-state index contributed by atoms with van der Waals surface area (Å²) in [5.41, 5.74) is 1.57. The highest BCUT2D eigenvalue weighted by molar-refractivity contribution is 6.03. The number of nitrogens with zero attached hydrogens (tertiary/aromatic N) is 2. The van der Waals surface area contributed by atoms with Gasteiger partial charge in [-0.25, -0.2) is 9.48 Å². The van der Waals surface area contributed by atoms with E-state index in [1.165, 1.54) is 11.6 Å². The van der Waals surface area contributed by atoms with E-state index >= 15 is 0 Å². The number of ether oxygens (including phenoxy) is 1. The summed E-state index contributed by atoms with van der Waals surface area (Å²) < 4.78 is 6.69. The van der Waals surface area contributed by atoms with Gasteiger partial charge in [0.1, 0.15) is 0 Å². The number of amides is 1. The van der Waals surface area contributed by atoms with Crippen LogP contribution in [0.15, 0.2) is 53.3 Å². The number of unbranched alkanes of at least 4 members (excludes halogenated alkanes) is 1. The van der Waals surface area contributed by atoms with Crippen LogP contribution in [0.4, 0.5) is 5.69 Å². The lowest BCUT2D eigenvalue weighted by Crippen LogP contribution is -2.32. The second kappa shape index (κ2) is 10.0. The van der Waals surface area contributed by atoms with Gasteiger partial charge in [-0.3, -0.25) is 9.59 Å². The Bertz CT molecular complexity index is 1140. The van der Waals surface area contributed by atoms with Crippen molar-refractivity contribution in [3.63, 3.8) is 0 Å². The molecular weight excluding hydrogens is 394 g/mol. The van der Waals surface area contributed by atoms with Crippen LogP contribution in [0.25, 0.3) is 10.8 Å². The maximum absolute atomic E-state index is 12.9. The lowest BCUT2D eigenvalue weighted by Gasteiger charge is -2.15. The van der Waals surface area contributed by atoms with Crippen molar-refractivity contribution in [3.8, 4) is 0 Å². The number of nitrogens with one attached hydrogen (secondary N) is 1. The van der Waals surface area contributed by atoms with Crippen LogP contribution >= 0.6 is 0 Å². The molecule has 7 heteroatoms. The van der Waals surface area contributed by atoms with E-state index in [1.807, 2.05) is 31.2 Å². The lowest BCUT2D eigenvalue weighted by atomic mass is 10.1. The highest BCUT2D eigenvalue weighted by atomic mass is 16.5. The molecule has 0 radical (unpaired) electrons. The molecule has 31 heavy (non-hydrogen) atoms. The summed E-state index contributed by atoms with van der Waals surface area (Å²) in [6, 6.07) is 14.3. The van der Waals surface area contributed by atoms with Gasteiger partial charge >= 0.3 is 5.97 Å². The molecule has 0 saturated heterocycles. The first-order chi connectivity index (χ1) is 14.9. The van der Waals surface area contributed by atoms with Crippen LogP contribution in [0, 0.1) is 0 Å². The molecule has 0 fully saturated rings. The normalized spacial score (nSPS) is 11.8. The second-order valence-corrected chi connectivity index (χ2v) is 7.36. The van der Waals surface area contributed by atoms with Crippen molar-refractivity contribution in [1.29, 1.82) is 0 Å². The highest BCUT2D eigenvalue weighted by Gasteiger charge is 2.23. The molecular formula is C24H27N3O4. The van der Waals surface area contributed by atoms with Gasteiger partial charge in [0.25, 0.3) is 11.5 Å². The van der Waals surface area contributed by atoms with Crippen molar-refractivity contribution in [2.45, 2.75) is 52.7 Å². The number of fused-ring (bicyclic) bond motifs is 1. The van der Waals surface area contributed by atoms with Crippen LogP contribution in [0.5, 0.6) is 0 Å². The van der Waals surface area contributed by atoms with Gasteiger partial charge < -0.3 is 10.1 Å². The molecule has 0 aliphatic rings. The van der Waals surface area contributed by atoms with Crippen molar-refractivity contribution in [3.05, 3.63) is 70.1 Å². The second-order valence-electron chi connectivity index (χ2n) is 7.36. The van der Waals surface area contributed by atoms with Crippen LogP contribution in [-0.4, -0.2) is 27.8 Å². The number of hydrogen-bond donors (Lipinski definition) is 1. The number of carbonyl (C=O) groups excluding carboxylic acids is 2. The summed E-state index contributed by atoms with van der Waals surface area (Å²) in [7, 11) is 0. The Hall–Kier alpha value is -3.48. The Morgan fingerprint density at radius 3 is 2.39 bits per heavy atom. The van der Waals surface area contributed by atoms with Gasteiger partial charge in [-0.1, -0.05) is 50.6 Å². The number of benzene rings is 2. The van der Waals surface area contributed by atoms with E-state index in [9.17, 15) is 14.4 Å². The molecule has 1 amide bonds. The first kappa shape index (κ1) is 22.2. The zero-order valence-corrected chi connectivity index (χ0v) is 18.1. The highest BCUT2D eigenvalue weighted by Crippen LogP contribution is 2.16. The molecule has 1 heterocycles. The molecule has 1 N–H and O–H groups in total. The topological polar surface area (TPSA) is 90.3 Å². The standard InChI is InChI=1S/C24H27N3O4/c1-4-6-15-27-23(29)20-10-8-7-9-19(20)21(26-27)24(30)31-16(3)22(28)25-18-13-11-17(5-2)12-14-18/h7-14,16H,4-6,15H2,1-3H3,(H,25,28)/t16-/m1/s1. The van der Waals surface area contributed by atoms with E-state index in [0.717, 1.165) is 24.8 Å². The fourth-order valence-corrected chi connectivity index (χ4v) is 3.18. The SMILES string of the molecule is CCCCn1nc(C(=O)O[C@H](C)C(=O)Nc2ccc(CC)cc2)c2ccccc2c1=O. The summed E-state index contributed by atoms with van der Waals surface area (Å²) in [6.07, 6.45) is 1.52. The zero-order valence-electron chi connectivity index (χ0n) is 18.1. The Morgan fingerprint density at radius 2 is 1.74 bits per heavy atom. The van der Waals surface area contributed by atoms with Gasteiger partial charge in [0.05, 0.1) is 5.39 Å². The van der Waals surface area contributed by atoms with Crippen LogP contribution in [0.3, 0.4) is 0 Å². The molecule has 0 aliphatic heterocycles. The van der Waals surface area contributed by atoms with Crippen molar-refractivity contribution in [2.24, 2.45) is 0 Å². The number of rotatable bonds is 8. The lowest BCUT2D eigenvalue weighted by molar-refractivity contribution is -0.123. The molecule has 0 unspecified atom stereocenters. The molecule has 162 valence electrons. The number of carbonyl (C=O) groups is 2. The first-order valence-electron chi connectivity index (χ1n) is 10.5. The summed E-state index contributed by atoms with van der Waals surface area (Å²) in [6.45, 7) is 5.97. The van der Waals surface area contributed by atoms with E-state index in [0.29, 0.717) is 23.0 Å². The number of anilines is 1. The predicted octanol–water partition coefficient (Wildman–Crippen LogP) is 3.94. The summed E-state index contributed by atoms with van der Waals surface area (Å²) >= 11 is 0. The van der Waals surface area contributed by atoms with Gasteiger partial charge in [-0.2, -0.15) is 5.10 Å². The molecule has 0 saturated carbocycles. The van der Waals surface area contributed by atoms with Gasteiger partial charge in [-0.05, 0) is 43.5 Å². The first-order valence-corrected chi connectivity index (χ1v) is 10.5. The van der Waals surface area contributed by atoms with E-state index in [1.54, 1.807) is 24.3 Å². The molecule has 0 spiro atoms. The average Bonchev–Trinajstić information content (AvgIpc) is 2.79. The molecule has 0 aliphatic carbocycles. The monoisotopic (exact) mass is 421 g/mol. The molecule has 7 nitrogen and oxygen atoms in total. The fourth-order valence-electron chi connectivity index (χ4n) is 3.18. The third kappa shape index (κ3) is 5.17. The zero-order chi connectivity index (χ0) is 22.4. The fraction of sp³-hybridized carbons (Fsp3) is 0.333. The van der Waals surface area contributed by atoms with Crippen molar-refractivity contribution >= 4 is 28.3 Å². The quantitative estimate of drug-likeness (QED) is 0.556. The Balaban J connectivity index is 1.80. The van der Waals surface area contributed by atoms with E-state index in [4.69, 9.17) is 4.74 Å². The molecule has 1 atom stereocenters. The van der Waals surface area contributed by atoms with Crippen LogP contribution < -0.4 is 10.9 Å². The maximum atomic E-state index is 12.9. The Morgan fingerprint density at radius 1 is 1.06 bits per heavy atom. The molecule has 1 aromatic heterocycles. The Labute approximate surface area is 181 Å². The maximum Gasteiger partial charge on any atom is 0.360 e. The minimum atomic E-state index is -1.03. The molecule has 3 rings (SSSR count). The minimum absolute atomic E-state index is 0.0262. The number of hydrogen-bond acceptors (Lipinski definition) is 5. The molecule has 3 aromatic rings. The largest absolute Gasteiger partial charge is 0.448 e. The average molecular weight is 421 g/mol. The number of aromatic nitrogens is 2. The third-order valence-electron chi connectivity index (χ3n) is 5.07. The Kier molecular flexibility index (Phi) is 7.18. The number of esters is 1. The van der Waals surface area contributed by atoms with Crippen molar-refractivity contribution in [2.75, 3.05) is 5.32 Å². The van der Waals surface area contributed by atoms with Crippen LogP contribution in [0.2, 0.25) is 0 Å². The smallest absolute Gasteiger partial charge is 0.360 e. The van der Waals surface area contributed by atoms with E-state index in [-0.39, 0.29) is 11.3 Å². The van der Waals surface area contributed by atoms with Crippen LogP contribution in [-0.2, 0) is 22.5 Å².